The number of hydrogen-bond acceptors (Lipinski definition) is 4. The van der Waals surface area contributed by atoms with E-state index in [2.05, 4.69) is 10.3 Å². The van der Waals surface area contributed by atoms with E-state index >= 15 is 0 Å². The third kappa shape index (κ3) is 3.91. The molecule has 0 fully saturated rings. The van der Waals surface area contributed by atoms with Crippen LogP contribution in [0.2, 0.25) is 4.34 Å². The molecule has 0 radical (unpaired) electrons. The molecule has 0 aromatic carbocycles. The van der Waals surface area contributed by atoms with Crippen molar-refractivity contribution in [3.8, 4) is 0 Å². The van der Waals surface area contributed by atoms with E-state index in [1.54, 1.807) is 11.3 Å². The first-order valence-corrected chi connectivity index (χ1v) is 7.60. The molecule has 2 heterocycles. The Kier molecular flexibility index (Phi) is 5.34. The van der Waals surface area contributed by atoms with Crippen LogP contribution in [0.1, 0.15) is 17.4 Å². The average Bonchev–Trinajstić information content (AvgIpc) is 2.81. The van der Waals surface area contributed by atoms with E-state index in [4.69, 9.17) is 11.6 Å². The maximum atomic E-state index is 13.3. The summed E-state index contributed by atoms with van der Waals surface area (Å²) in [5.74, 6) is 0.478. The highest BCUT2D eigenvalue weighted by atomic mass is 35.5. The molecule has 0 atom stereocenters. The Bertz CT molecular complexity index is 573. The number of nitrogens with one attached hydrogen (secondary N) is 1. The summed E-state index contributed by atoms with van der Waals surface area (Å²) in [6, 6.07) is 5.41. The standard InChI is InChI=1S/C14H17ClFN3S/c1-3-17-7-10-6-11(16)8-18-14(10)19(2)9-12-4-5-13(15)20-12/h4-6,8,17H,3,7,9H2,1-2H3. The van der Waals surface area contributed by atoms with E-state index in [0.717, 1.165) is 27.1 Å². The van der Waals surface area contributed by atoms with Crippen LogP contribution in [0.15, 0.2) is 24.4 Å². The van der Waals surface area contributed by atoms with Gasteiger partial charge in [-0.05, 0) is 24.7 Å². The van der Waals surface area contributed by atoms with Gasteiger partial charge in [0.25, 0.3) is 0 Å². The summed E-state index contributed by atoms with van der Waals surface area (Å²) in [5, 5.41) is 3.20. The van der Waals surface area contributed by atoms with Crippen LogP contribution >= 0.6 is 22.9 Å². The number of rotatable bonds is 6. The van der Waals surface area contributed by atoms with Gasteiger partial charge < -0.3 is 10.2 Å². The van der Waals surface area contributed by atoms with Crippen molar-refractivity contribution >= 4 is 28.8 Å². The maximum absolute atomic E-state index is 13.3. The Balaban J connectivity index is 2.17. The zero-order chi connectivity index (χ0) is 14.5. The number of aromatic nitrogens is 1. The predicted octanol–water partition coefficient (Wildman–Crippen LogP) is 3.68. The summed E-state index contributed by atoms with van der Waals surface area (Å²) in [5.41, 5.74) is 0.858. The lowest BCUT2D eigenvalue weighted by molar-refractivity contribution is 0.613. The lowest BCUT2D eigenvalue weighted by Crippen LogP contribution is -2.21. The van der Waals surface area contributed by atoms with Crippen LogP contribution in [-0.2, 0) is 13.1 Å². The second kappa shape index (κ2) is 7.02. The molecule has 2 aromatic rings. The first-order valence-electron chi connectivity index (χ1n) is 6.40. The van der Waals surface area contributed by atoms with Crippen LogP contribution in [0.5, 0.6) is 0 Å². The molecule has 108 valence electrons. The number of thiophene rings is 1. The lowest BCUT2D eigenvalue weighted by atomic mass is 10.2. The molecule has 0 aliphatic rings. The summed E-state index contributed by atoms with van der Waals surface area (Å²) in [6.45, 7) is 4.16. The lowest BCUT2D eigenvalue weighted by Gasteiger charge is -2.20. The molecule has 3 nitrogen and oxygen atoms in total. The summed E-state index contributed by atoms with van der Waals surface area (Å²) in [6.07, 6.45) is 1.25. The molecule has 0 aliphatic heterocycles. The van der Waals surface area contributed by atoms with E-state index in [1.807, 2.05) is 31.0 Å². The fourth-order valence-electron chi connectivity index (χ4n) is 1.95. The van der Waals surface area contributed by atoms with Gasteiger partial charge in [-0.25, -0.2) is 9.37 Å². The zero-order valence-corrected chi connectivity index (χ0v) is 13.1. The van der Waals surface area contributed by atoms with Crippen molar-refractivity contribution in [2.75, 3.05) is 18.5 Å². The van der Waals surface area contributed by atoms with Crippen LogP contribution < -0.4 is 10.2 Å². The van der Waals surface area contributed by atoms with Gasteiger partial charge in [-0.2, -0.15) is 0 Å². The minimum Gasteiger partial charge on any atom is -0.354 e. The Morgan fingerprint density at radius 3 is 2.90 bits per heavy atom. The number of nitrogens with zero attached hydrogens (tertiary/aromatic N) is 2. The van der Waals surface area contributed by atoms with Crippen LogP contribution in [0.25, 0.3) is 0 Å². The van der Waals surface area contributed by atoms with Crippen molar-refractivity contribution < 1.29 is 4.39 Å². The molecule has 0 spiro atoms. The van der Waals surface area contributed by atoms with E-state index in [9.17, 15) is 4.39 Å². The molecule has 0 amide bonds. The Morgan fingerprint density at radius 1 is 1.45 bits per heavy atom. The number of pyridine rings is 1. The molecule has 0 saturated carbocycles. The molecule has 2 rings (SSSR count). The van der Waals surface area contributed by atoms with Crippen molar-refractivity contribution in [1.29, 1.82) is 0 Å². The van der Waals surface area contributed by atoms with E-state index in [1.165, 1.54) is 12.3 Å². The largest absolute Gasteiger partial charge is 0.354 e. The van der Waals surface area contributed by atoms with Crippen molar-refractivity contribution in [2.24, 2.45) is 0 Å². The molecule has 6 heteroatoms. The molecule has 1 N–H and O–H groups in total. The van der Waals surface area contributed by atoms with Gasteiger partial charge in [0.15, 0.2) is 0 Å². The molecule has 2 aromatic heterocycles. The second-order valence-electron chi connectivity index (χ2n) is 4.48. The van der Waals surface area contributed by atoms with Crippen molar-refractivity contribution in [2.45, 2.75) is 20.0 Å². The highest BCUT2D eigenvalue weighted by Gasteiger charge is 2.11. The molecule has 0 aliphatic carbocycles. The average molecular weight is 314 g/mol. The van der Waals surface area contributed by atoms with E-state index in [0.29, 0.717) is 13.1 Å². The second-order valence-corrected chi connectivity index (χ2v) is 6.28. The van der Waals surface area contributed by atoms with Gasteiger partial charge in [0, 0.05) is 24.0 Å². The third-order valence-corrected chi connectivity index (χ3v) is 4.07. The van der Waals surface area contributed by atoms with Crippen molar-refractivity contribution in [3.05, 3.63) is 45.0 Å². The summed E-state index contributed by atoms with van der Waals surface area (Å²) < 4.78 is 14.1. The Morgan fingerprint density at radius 2 is 2.25 bits per heavy atom. The fourth-order valence-corrected chi connectivity index (χ4v) is 3.09. The fraction of sp³-hybridized carbons (Fsp3) is 0.357. The SMILES string of the molecule is CCNCc1cc(F)cnc1N(C)Cc1ccc(Cl)s1. The van der Waals surface area contributed by atoms with Gasteiger partial charge >= 0.3 is 0 Å². The third-order valence-electron chi connectivity index (χ3n) is 2.86. The Labute approximate surface area is 127 Å². The molecular formula is C14H17ClFN3S. The van der Waals surface area contributed by atoms with E-state index in [-0.39, 0.29) is 5.82 Å². The molecule has 0 bridgehead atoms. The topological polar surface area (TPSA) is 28.2 Å². The molecule has 0 unspecified atom stereocenters. The van der Waals surface area contributed by atoms with Gasteiger partial charge in [-0.1, -0.05) is 18.5 Å². The molecule has 0 saturated heterocycles. The number of hydrogen-bond donors (Lipinski definition) is 1. The van der Waals surface area contributed by atoms with Crippen LogP contribution in [0.3, 0.4) is 0 Å². The number of halogens is 2. The first kappa shape index (κ1) is 15.2. The quantitative estimate of drug-likeness (QED) is 0.881. The zero-order valence-electron chi connectivity index (χ0n) is 11.5. The molecule has 20 heavy (non-hydrogen) atoms. The van der Waals surface area contributed by atoms with Crippen LogP contribution in [0, 0.1) is 5.82 Å². The minimum atomic E-state index is -0.311. The predicted molar refractivity (Wildman–Crippen MR) is 83.0 cm³/mol. The smallest absolute Gasteiger partial charge is 0.141 e. The maximum Gasteiger partial charge on any atom is 0.141 e. The first-order chi connectivity index (χ1) is 9.60. The van der Waals surface area contributed by atoms with Gasteiger partial charge in [0.2, 0.25) is 0 Å². The molecular weight excluding hydrogens is 297 g/mol. The normalized spacial score (nSPS) is 10.8. The van der Waals surface area contributed by atoms with Crippen LogP contribution in [0.4, 0.5) is 10.2 Å². The van der Waals surface area contributed by atoms with Crippen molar-refractivity contribution in [1.82, 2.24) is 10.3 Å². The summed E-state index contributed by atoms with van der Waals surface area (Å²) in [4.78, 5) is 7.38. The van der Waals surface area contributed by atoms with Gasteiger partial charge in [0.1, 0.15) is 11.6 Å². The number of anilines is 1. The monoisotopic (exact) mass is 313 g/mol. The summed E-state index contributed by atoms with van der Waals surface area (Å²) in [7, 11) is 1.95. The van der Waals surface area contributed by atoms with Crippen molar-refractivity contribution in [3.63, 3.8) is 0 Å². The minimum absolute atomic E-state index is 0.311. The van der Waals surface area contributed by atoms with Gasteiger partial charge in [0.05, 0.1) is 17.1 Å². The van der Waals surface area contributed by atoms with Gasteiger partial charge in [-0.3, -0.25) is 0 Å². The Hall–Kier alpha value is -1.17. The van der Waals surface area contributed by atoms with E-state index < -0.39 is 0 Å². The summed E-state index contributed by atoms with van der Waals surface area (Å²) >= 11 is 7.48. The van der Waals surface area contributed by atoms with Crippen LogP contribution in [-0.4, -0.2) is 18.6 Å². The van der Waals surface area contributed by atoms with Gasteiger partial charge in [-0.15, -0.1) is 11.3 Å². The highest BCUT2D eigenvalue weighted by molar-refractivity contribution is 7.16. The highest BCUT2D eigenvalue weighted by Crippen LogP contribution is 2.25.